The van der Waals surface area contributed by atoms with Crippen molar-refractivity contribution in [1.29, 1.82) is 0 Å². The van der Waals surface area contributed by atoms with E-state index >= 15 is 0 Å². The maximum absolute atomic E-state index is 12.8. The lowest BCUT2D eigenvalue weighted by atomic mass is 10.1. The maximum Gasteiger partial charge on any atom is 0.328 e. The maximum atomic E-state index is 12.8. The van der Waals surface area contributed by atoms with Crippen LogP contribution in [-0.2, 0) is 11.3 Å². The molecule has 1 unspecified atom stereocenters. The topological polar surface area (TPSA) is 93.2 Å². The number of aromatic amines is 1. The van der Waals surface area contributed by atoms with E-state index < -0.39 is 5.69 Å². The van der Waals surface area contributed by atoms with Crippen LogP contribution in [0.15, 0.2) is 27.8 Å². The number of carbonyl (C=O) groups excluding carboxylic acids is 1. The molecule has 0 radical (unpaired) electrons. The van der Waals surface area contributed by atoms with Crippen molar-refractivity contribution < 1.29 is 9.53 Å². The van der Waals surface area contributed by atoms with E-state index in [1.807, 2.05) is 0 Å². The molecule has 1 atom stereocenters. The first-order chi connectivity index (χ1) is 13.6. The molecule has 1 saturated heterocycles. The Morgan fingerprint density at radius 2 is 1.89 bits per heavy atom. The summed E-state index contributed by atoms with van der Waals surface area (Å²) in [5, 5.41) is 3.50. The molecule has 7 nitrogen and oxygen atoms in total. The van der Waals surface area contributed by atoms with Crippen molar-refractivity contribution in [3.8, 4) is 0 Å². The van der Waals surface area contributed by atoms with Gasteiger partial charge >= 0.3 is 5.69 Å². The van der Waals surface area contributed by atoms with Crippen LogP contribution in [0.25, 0.3) is 10.9 Å². The molecule has 2 N–H and O–H groups in total. The summed E-state index contributed by atoms with van der Waals surface area (Å²) in [7, 11) is 0. The standard InChI is InChI=1S/C21H27N3O4/c25-19(22-15-6-3-1-2-4-7-15)14-9-10-17-18(12-14)23-21(27)24(20(17)26)13-16-8-5-11-28-16/h9-10,12,15-16H,1-8,11,13H2,(H,22,25)(H,23,27). The Morgan fingerprint density at radius 3 is 2.61 bits per heavy atom. The first-order valence-electron chi connectivity index (χ1n) is 10.3. The molecule has 1 aromatic heterocycles. The number of hydrogen-bond acceptors (Lipinski definition) is 4. The highest BCUT2D eigenvalue weighted by atomic mass is 16.5. The third kappa shape index (κ3) is 4.04. The third-order valence-electron chi connectivity index (χ3n) is 5.84. The van der Waals surface area contributed by atoms with E-state index in [2.05, 4.69) is 10.3 Å². The minimum Gasteiger partial charge on any atom is -0.376 e. The van der Waals surface area contributed by atoms with E-state index in [-0.39, 0.29) is 30.2 Å². The number of carbonyl (C=O) groups is 1. The van der Waals surface area contributed by atoms with Crippen LogP contribution >= 0.6 is 0 Å². The second-order valence-electron chi connectivity index (χ2n) is 7.90. The van der Waals surface area contributed by atoms with Gasteiger partial charge in [-0.25, -0.2) is 4.79 Å². The van der Waals surface area contributed by atoms with Gasteiger partial charge in [-0.05, 0) is 43.9 Å². The monoisotopic (exact) mass is 385 g/mol. The minimum absolute atomic E-state index is 0.0964. The largest absolute Gasteiger partial charge is 0.376 e. The number of nitrogens with zero attached hydrogens (tertiary/aromatic N) is 1. The van der Waals surface area contributed by atoms with E-state index in [0.717, 1.165) is 38.5 Å². The number of H-pyrrole nitrogens is 1. The lowest BCUT2D eigenvalue weighted by Gasteiger charge is -2.16. The van der Waals surface area contributed by atoms with Gasteiger partial charge in [0, 0.05) is 18.2 Å². The Kier molecular flexibility index (Phi) is 5.62. The average Bonchev–Trinajstić information content (AvgIpc) is 3.07. The zero-order chi connectivity index (χ0) is 19.5. The molecule has 2 fully saturated rings. The van der Waals surface area contributed by atoms with Gasteiger partial charge in [0.1, 0.15) is 0 Å². The highest BCUT2D eigenvalue weighted by molar-refractivity contribution is 5.97. The molecule has 150 valence electrons. The van der Waals surface area contributed by atoms with Crippen molar-refractivity contribution >= 4 is 16.8 Å². The third-order valence-corrected chi connectivity index (χ3v) is 5.84. The Balaban J connectivity index is 1.57. The summed E-state index contributed by atoms with van der Waals surface area (Å²) in [6.45, 7) is 0.929. The van der Waals surface area contributed by atoms with Crippen LogP contribution in [0.2, 0.25) is 0 Å². The van der Waals surface area contributed by atoms with E-state index in [4.69, 9.17) is 4.74 Å². The molecule has 2 heterocycles. The Morgan fingerprint density at radius 1 is 1.11 bits per heavy atom. The van der Waals surface area contributed by atoms with Crippen LogP contribution in [0.4, 0.5) is 0 Å². The molecule has 2 aliphatic rings. The molecule has 1 saturated carbocycles. The number of fused-ring (bicyclic) bond motifs is 1. The zero-order valence-electron chi connectivity index (χ0n) is 16.0. The molecule has 4 rings (SSSR count). The quantitative estimate of drug-likeness (QED) is 0.790. The van der Waals surface area contributed by atoms with Gasteiger partial charge in [-0.15, -0.1) is 0 Å². The second kappa shape index (κ2) is 8.31. The number of ether oxygens (including phenoxy) is 1. The predicted molar refractivity (Wildman–Crippen MR) is 107 cm³/mol. The zero-order valence-corrected chi connectivity index (χ0v) is 16.0. The smallest absolute Gasteiger partial charge is 0.328 e. The van der Waals surface area contributed by atoms with Crippen LogP contribution in [0.3, 0.4) is 0 Å². The summed E-state index contributed by atoms with van der Waals surface area (Å²) in [4.78, 5) is 40.6. The molecule has 7 heteroatoms. The van der Waals surface area contributed by atoms with Gasteiger partial charge in [0.25, 0.3) is 11.5 Å². The Hall–Kier alpha value is -2.41. The fourth-order valence-electron chi connectivity index (χ4n) is 4.25. The van der Waals surface area contributed by atoms with Crippen molar-refractivity contribution in [1.82, 2.24) is 14.9 Å². The first-order valence-corrected chi connectivity index (χ1v) is 10.3. The molecule has 28 heavy (non-hydrogen) atoms. The predicted octanol–water partition coefficient (Wildman–Crippen LogP) is 2.32. The summed E-state index contributed by atoms with van der Waals surface area (Å²) in [6, 6.07) is 5.08. The van der Waals surface area contributed by atoms with Gasteiger partial charge < -0.3 is 15.0 Å². The molecule has 1 aromatic carbocycles. The SMILES string of the molecule is O=C(NC1CCCCCC1)c1ccc2c(=O)n(CC3CCCO3)c(=O)[nH]c2c1. The number of aromatic nitrogens is 2. The van der Waals surface area contributed by atoms with Crippen molar-refractivity contribution in [3.05, 3.63) is 44.6 Å². The van der Waals surface area contributed by atoms with Gasteiger partial charge in [-0.2, -0.15) is 0 Å². The highest BCUT2D eigenvalue weighted by Crippen LogP contribution is 2.18. The van der Waals surface area contributed by atoms with Crippen LogP contribution in [0.5, 0.6) is 0 Å². The Bertz CT molecular complexity index is 964. The van der Waals surface area contributed by atoms with Crippen molar-refractivity contribution in [2.45, 2.75) is 70.1 Å². The fourth-order valence-corrected chi connectivity index (χ4v) is 4.25. The number of nitrogens with one attached hydrogen (secondary N) is 2. The van der Waals surface area contributed by atoms with Gasteiger partial charge in [0.05, 0.1) is 23.6 Å². The number of amides is 1. The number of benzene rings is 1. The molecule has 2 aromatic rings. The molecule has 0 bridgehead atoms. The van der Waals surface area contributed by atoms with Gasteiger partial charge in [-0.3, -0.25) is 14.2 Å². The lowest BCUT2D eigenvalue weighted by Crippen LogP contribution is -2.38. The molecule has 0 spiro atoms. The van der Waals surface area contributed by atoms with E-state index in [9.17, 15) is 14.4 Å². The molecule has 1 amide bonds. The summed E-state index contributed by atoms with van der Waals surface area (Å²) < 4.78 is 6.74. The molecular weight excluding hydrogens is 358 g/mol. The van der Waals surface area contributed by atoms with Crippen LogP contribution in [-0.4, -0.2) is 34.2 Å². The van der Waals surface area contributed by atoms with Gasteiger partial charge in [0.2, 0.25) is 0 Å². The average molecular weight is 385 g/mol. The van der Waals surface area contributed by atoms with Gasteiger partial charge in [0.15, 0.2) is 0 Å². The summed E-state index contributed by atoms with van der Waals surface area (Å²) in [6.07, 6.45) is 8.44. The summed E-state index contributed by atoms with van der Waals surface area (Å²) in [5.41, 5.74) is 0.0510. The molecule has 1 aliphatic heterocycles. The number of rotatable bonds is 4. The highest BCUT2D eigenvalue weighted by Gasteiger charge is 2.20. The normalized spacial score (nSPS) is 20.9. The first kappa shape index (κ1) is 18.9. The van der Waals surface area contributed by atoms with Gasteiger partial charge in [-0.1, -0.05) is 25.7 Å². The Labute approximate surface area is 163 Å². The van der Waals surface area contributed by atoms with Crippen molar-refractivity contribution in [2.24, 2.45) is 0 Å². The van der Waals surface area contributed by atoms with Crippen molar-refractivity contribution in [3.63, 3.8) is 0 Å². The minimum atomic E-state index is -0.464. The molecule has 1 aliphatic carbocycles. The van der Waals surface area contributed by atoms with Crippen LogP contribution < -0.4 is 16.6 Å². The van der Waals surface area contributed by atoms with Crippen molar-refractivity contribution in [2.75, 3.05) is 6.61 Å². The van der Waals surface area contributed by atoms with Crippen LogP contribution in [0.1, 0.15) is 61.7 Å². The summed E-state index contributed by atoms with van der Waals surface area (Å²) in [5.74, 6) is -0.154. The summed E-state index contributed by atoms with van der Waals surface area (Å²) >= 11 is 0. The van der Waals surface area contributed by atoms with E-state index in [1.54, 1.807) is 18.2 Å². The lowest BCUT2D eigenvalue weighted by molar-refractivity contribution is 0.0933. The second-order valence-corrected chi connectivity index (χ2v) is 7.90. The van der Waals surface area contributed by atoms with E-state index in [1.165, 1.54) is 17.4 Å². The van der Waals surface area contributed by atoms with Crippen LogP contribution in [0, 0.1) is 0 Å². The number of hydrogen-bond donors (Lipinski definition) is 2. The fraction of sp³-hybridized carbons (Fsp3) is 0.571. The molecular formula is C21H27N3O4. The van der Waals surface area contributed by atoms with E-state index in [0.29, 0.717) is 23.1 Å².